The van der Waals surface area contributed by atoms with Crippen LogP contribution >= 0.6 is 11.6 Å². The summed E-state index contributed by atoms with van der Waals surface area (Å²) >= 11 is 5.80. The van der Waals surface area contributed by atoms with E-state index in [1.165, 1.54) is 0 Å². The van der Waals surface area contributed by atoms with E-state index in [1.54, 1.807) is 0 Å². The van der Waals surface area contributed by atoms with E-state index in [0.717, 1.165) is 26.1 Å². The van der Waals surface area contributed by atoms with Gasteiger partial charge in [0.2, 0.25) is 17.2 Å². The van der Waals surface area contributed by atoms with Gasteiger partial charge in [-0.15, -0.1) is 0 Å². The summed E-state index contributed by atoms with van der Waals surface area (Å²) in [5.74, 6) is 1.02. The average molecular weight is 259 g/mol. The molecule has 2 N–H and O–H groups in total. The third kappa shape index (κ3) is 5.65. The number of hydrogen-bond donors (Lipinski definition) is 2. The molecule has 17 heavy (non-hydrogen) atoms. The lowest BCUT2D eigenvalue weighted by molar-refractivity contribution is 0.405. The van der Waals surface area contributed by atoms with E-state index in [2.05, 4.69) is 30.5 Å². The normalized spacial score (nSPS) is 10.6. The van der Waals surface area contributed by atoms with Crippen LogP contribution < -0.4 is 10.6 Å². The number of nitrogens with zero attached hydrogens (tertiary/aromatic N) is 4. The number of nitrogens with one attached hydrogen (secondary N) is 2. The molecular weight excluding hydrogens is 240 g/mol. The van der Waals surface area contributed by atoms with Crippen molar-refractivity contribution in [3.63, 3.8) is 0 Å². The molecule has 0 aliphatic carbocycles. The van der Waals surface area contributed by atoms with Crippen molar-refractivity contribution in [2.45, 2.75) is 13.3 Å². The quantitative estimate of drug-likeness (QED) is 0.719. The van der Waals surface area contributed by atoms with Crippen LogP contribution in [0.1, 0.15) is 13.3 Å². The molecule has 0 aliphatic heterocycles. The molecule has 0 unspecified atom stereocenters. The molecule has 0 radical (unpaired) electrons. The van der Waals surface area contributed by atoms with Gasteiger partial charge in [0, 0.05) is 13.1 Å². The number of rotatable bonds is 7. The summed E-state index contributed by atoms with van der Waals surface area (Å²) in [5.41, 5.74) is 0. The zero-order valence-corrected chi connectivity index (χ0v) is 11.3. The van der Waals surface area contributed by atoms with Gasteiger partial charge in [0.05, 0.1) is 0 Å². The first-order valence-electron chi connectivity index (χ1n) is 5.66. The Morgan fingerprint density at radius 1 is 1.12 bits per heavy atom. The smallest absolute Gasteiger partial charge is 0.228 e. The summed E-state index contributed by atoms with van der Waals surface area (Å²) in [7, 11) is 4.09. The van der Waals surface area contributed by atoms with Gasteiger partial charge in [0.25, 0.3) is 0 Å². The molecule has 0 saturated heterocycles. The molecule has 0 atom stereocenters. The second-order valence-corrected chi connectivity index (χ2v) is 4.20. The van der Waals surface area contributed by atoms with Crippen molar-refractivity contribution in [1.82, 2.24) is 19.9 Å². The Bertz CT molecular complexity index is 344. The Balaban J connectivity index is 2.46. The number of hydrogen-bond acceptors (Lipinski definition) is 6. The van der Waals surface area contributed by atoms with Crippen LogP contribution in [0.4, 0.5) is 11.9 Å². The second-order valence-electron chi connectivity index (χ2n) is 3.87. The van der Waals surface area contributed by atoms with Crippen molar-refractivity contribution >= 4 is 23.5 Å². The maximum atomic E-state index is 5.80. The standard InChI is InChI=1S/C10H19ClN6/c1-4-12-9-14-8(11)15-10(16-9)13-6-5-7-17(2)3/h4-7H2,1-3H3,(H2,12,13,14,15,16). The van der Waals surface area contributed by atoms with Crippen molar-refractivity contribution in [3.05, 3.63) is 5.28 Å². The van der Waals surface area contributed by atoms with Crippen LogP contribution in [0.25, 0.3) is 0 Å². The second kappa shape index (κ2) is 7.24. The molecule has 6 nitrogen and oxygen atoms in total. The molecule has 7 heteroatoms. The lowest BCUT2D eigenvalue weighted by Crippen LogP contribution is -2.17. The van der Waals surface area contributed by atoms with Gasteiger partial charge in [-0.25, -0.2) is 0 Å². The summed E-state index contributed by atoms with van der Waals surface area (Å²) in [4.78, 5) is 14.3. The fraction of sp³-hybridized carbons (Fsp3) is 0.700. The molecule has 0 spiro atoms. The zero-order chi connectivity index (χ0) is 12.7. The van der Waals surface area contributed by atoms with Crippen molar-refractivity contribution in [3.8, 4) is 0 Å². The molecule has 1 aromatic heterocycles. The van der Waals surface area contributed by atoms with Crippen LogP contribution in [0.15, 0.2) is 0 Å². The molecule has 0 fully saturated rings. The maximum absolute atomic E-state index is 5.80. The van der Waals surface area contributed by atoms with E-state index in [-0.39, 0.29) is 5.28 Å². The summed E-state index contributed by atoms with van der Waals surface area (Å²) in [6.07, 6.45) is 1.02. The first kappa shape index (κ1) is 13.9. The lowest BCUT2D eigenvalue weighted by atomic mass is 10.4. The largest absolute Gasteiger partial charge is 0.354 e. The third-order valence-corrected chi connectivity index (χ3v) is 2.18. The molecular formula is C10H19ClN6. The minimum Gasteiger partial charge on any atom is -0.354 e. The van der Waals surface area contributed by atoms with Gasteiger partial charge in [0.15, 0.2) is 0 Å². The molecule has 96 valence electrons. The van der Waals surface area contributed by atoms with Crippen LogP contribution in [0.2, 0.25) is 5.28 Å². The predicted octanol–water partition coefficient (Wildman–Crippen LogP) is 1.32. The van der Waals surface area contributed by atoms with Crippen LogP contribution in [0, 0.1) is 0 Å². The summed E-state index contributed by atoms with van der Waals surface area (Å²) in [6, 6.07) is 0. The highest BCUT2D eigenvalue weighted by Crippen LogP contribution is 2.09. The van der Waals surface area contributed by atoms with E-state index in [9.17, 15) is 0 Å². The van der Waals surface area contributed by atoms with Crippen molar-refractivity contribution in [2.24, 2.45) is 0 Å². The van der Waals surface area contributed by atoms with Crippen LogP contribution in [0.3, 0.4) is 0 Å². The van der Waals surface area contributed by atoms with Crippen molar-refractivity contribution in [2.75, 3.05) is 44.4 Å². The summed E-state index contributed by atoms with van der Waals surface area (Å²) in [6.45, 7) is 4.55. The van der Waals surface area contributed by atoms with Gasteiger partial charge < -0.3 is 15.5 Å². The highest BCUT2D eigenvalue weighted by atomic mass is 35.5. The first-order chi connectivity index (χ1) is 8.11. The Kier molecular flexibility index (Phi) is 5.93. The Morgan fingerprint density at radius 2 is 1.76 bits per heavy atom. The number of aromatic nitrogens is 3. The molecule has 0 amide bonds. The monoisotopic (exact) mass is 258 g/mol. The van der Waals surface area contributed by atoms with E-state index in [4.69, 9.17) is 11.6 Å². The van der Waals surface area contributed by atoms with E-state index in [0.29, 0.717) is 11.9 Å². The molecule has 0 aliphatic rings. The van der Waals surface area contributed by atoms with Gasteiger partial charge >= 0.3 is 0 Å². The minimum absolute atomic E-state index is 0.200. The SMILES string of the molecule is CCNc1nc(Cl)nc(NCCCN(C)C)n1. The third-order valence-electron chi connectivity index (χ3n) is 2.01. The Hall–Kier alpha value is -1.14. The van der Waals surface area contributed by atoms with Crippen LogP contribution in [0.5, 0.6) is 0 Å². The lowest BCUT2D eigenvalue weighted by Gasteiger charge is -2.10. The van der Waals surface area contributed by atoms with E-state index >= 15 is 0 Å². The van der Waals surface area contributed by atoms with Crippen LogP contribution in [-0.2, 0) is 0 Å². The zero-order valence-electron chi connectivity index (χ0n) is 10.5. The van der Waals surface area contributed by atoms with Gasteiger partial charge in [-0.05, 0) is 45.6 Å². The highest BCUT2D eigenvalue weighted by molar-refractivity contribution is 6.28. The van der Waals surface area contributed by atoms with E-state index in [1.807, 2.05) is 21.0 Å². The Morgan fingerprint density at radius 3 is 2.35 bits per heavy atom. The minimum atomic E-state index is 0.200. The first-order valence-corrected chi connectivity index (χ1v) is 6.03. The topological polar surface area (TPSA) is 66.0 Å². The van der Waals surface area contributed by atoms with Gasteiger partial charge in [-0.1, -0.05) is 0 Å². The Labute approximate surface area is 107 Å². The molecule has 1 heterocycles. The van der Waals surface area contributed by atoms with Crippen molar-refractivity contribution < 1.29 is 0 Å². The fourth-order valence-corrected chi connectivity index (χ4v) is 1.42. The maximum Gasteiger partial charge on any atom is 0.228 e. The molecule has 1 rings (SSSR count). The molecule has 0 saturated carbocycles. The molecule has 1 aromatic rings. The van der Waals surface area contributed by atoms with Gasteiger partial charge in [-0.2, -0.15) is 15.0 Å². The average Bonchev–Trinajstić information content (AvgIpc) is 2.24. The highest BCUT2D eigenvalue weighted by Gasteiger charge is 2.03. The van der Waals surface area contributed by atoms with Crippen molar-refractivity contribution in [1.29, 1.82) is 0 Å². The number of anilines is 2. The predicted molar refractivity (Wildman–Crippen MR) is 70.7 cm³/mol. The summed E-state index contributed by atoms with van der Waals surface area (Å²) in [5, 5.41) is 6.33. The van der Waals surface area contributed by atoms with Gasteiger partial charge in [-0.3, -0.25) is 0 Å². The summed E-state index contributed by atoms with van der Waals surface area (Å²) < 4.78 is 0. The van der Waals surface area contributed by atoms with Crippen LogP contribution in [-0.4, -0.2) is 53.6 Å². The fourth-order valence-electron chi connectivity index (χ4n) is 1.26. The number of halogens is 1. The van der Waals surface area contributed by atoms with E-state index < -0.39 is 0 Å². The van der Waals surface area contributed by atoms with Gasteiger partial charge in [0.1, 0.15) is 0 Å². The molecule has 0 aromatic carbocycles. The molecule has 0 bridgehead atoms.